The summed E-state index contributed by atoms with van der Waals surface area (Å²) in [6.45, 7) is 3.00. The molecule has 1 aliphatic rings. The quantitative estimate of drug-likeness (QED) is 0.647. The summed E-state index contributed by atoms with van der Waals surface area (Å²) in [5.74, 6) is -0.103. The number of hydrogen-bond acceptors (Lipinski definition) is 3. The van der Waals surface area contributed by atoms with E-state index < -0.39 is 0 Å². The van der Waals surface area contributed by atoms with Gasteiger partial charge in [-0.2, -0.15) is 0 Å². The van der Waals surface area contributed by atoms with Crippen molar-refractivity contribution in [3.63, 3.8) is 0 Å². The second-order valence-corrected chi connectivity index (χ2v) is 3.48. The Labute approximate surface area is 87.1 Å². The number of amides is 1. The maximum Gasteiger partial charge on any atom is 0.270 e. The van der Waals surface area contributed by atoms with E-state index >= 15 is 0 Å². The van der Waals surface area contributed by atoms with Crippen LogP contribution in [0.5, 0.6) is 0 Å². The number of nitrogens with zero attached hydrogens (tertiary/aromatic N) is 1. The third kappa shape index (κ3) is 2.24. The van der Waals surface area contributed by atoms with Crippen LogP contribution >= 0.6 is 0 Å². The van der Waals surface area contributed by atoms with Gasteiger partial charge in [0.15, 0.2) is 5.43 Å². The molecule has 1 aliphatic heterocycles. The van der Waals surface area contributed by atoms with Crippen LogP contribution in [0.2, 0.25) is 0 Å². The summed E-state index contributed by atoms with van der Waals surface area (Å²) in [4.78, 5) is 27.5. The van der Waals surface area contributed by atoms with Crippen molar-refractivity contribution in [2.75, 3.05) is 26.2 Å². The third-order valence-corrected chi connectivity index (χ3v) is 2.41. The minimum atomic E-state index is -0.146. The van der Waals surface area contributed by atoms with Gasteiger partial charge in [-0.3, -0.25) is 9.59 Å². The van der Waals surface area contributed by atoms with Crippen molar-refractivity contribution in [3.8, 4) is 0 Å². The van der Waals surface area contributed by atoms with Crippen molar-refractivity contribution < 1.29 is 4.79 Å². The molecule has 80 valence electrons. The summed E-state index contributed by atoms with van der Waals surface area (Å²) in [5, 5.41) is 3.17. The van der Waals surface area contributed by atoms with Crippen LogP contribution in [0.3, 0.4) is 0 Å². The first kappa shape index (κ1) is 9.92. The molecule has 1 aromatic rings. The molecule has 15 heavy (non-hydrogen) atoms. The van der Waals surface area contributed by atoms with Gasteiger partial charge < -0.3 is 15.2 Å². The van der Waals surface area contributed by atoms with Crippen LogP contribution in [0.15, 0.2) is 23.1 Å². The molecule has 5 heteroatoms. The molecule has 0 spiro atoms. The lowest BCUT2D eigenvalue weighted by atomic mass is 10.3. The topological polar surface area (TPSA) is 65.2 Å². The first-order valence-corrected chi connectivity index (χ1v) is 4.96. The van der Waals surface area contributed by atoms with Crippen molar-refractivity contribution in [1.82, 2.24) is 15.2 Å². The van der Waals surface area contributed by atoms with Gasteiger partial charge in [0.1, 0.15) is 5.69 Å². The number of carbonyl (C=O) groups excluding carboxylic acids is 1. The molecule has 1 amide bonds. The molecular formula is C10H13N3O2. The lowest BCUT2D eigenvalue weighted by molar-refractivity contribution is 0.0730. The van der Waals surface area contributed by atoms with Crippen molar-refractivity contribution >= 4 is 5.91 Å². The van der Waals surface area contributed by atoms with E-state index in [0.717, 1.165) is 13.1 Å². The highest BCUT2D eigenvalue weighted by molar-refractivity contribution is 5.92. The number of aromatic amines is 1. The van der Waals surface area contributed by atoms with Crippen LogP contribution in [0.4, 0.5) is 0 Å². The lowest BCUT2D eigenvalue weighted by Gasteiger charge is -2.27. The Morgan fingerprint density at radius 3 is 2.73 bits per heavy atom. The van der Waals surface area contributed by atoms with Crippen molar-refractivity contribution in [2.24, 2.45) is 0 Å². The normalized spacial score (nSPS) is 16.4. The Morgan fingerprint density at radius 1 is 1.33 bits per heavy atom. The Hall–Kier alpha value is -1.62. The number of rotatable bonds is 1. The monoisotopic (exact) mass is 207 g/mol. The van der Waals surface area contributed by atoms with Crippen molar-refractivity contribution in [3.05, 3.63) is 34.2 Å². The van der Waals surface area contributed by atoms with Gasteiger partial charge in [-0.15, -0.1) is 0 Å². The minimum Gasteiger partial charge on any atom is -0.357 e. The van der Waals surface area contributed by atoms with E-state index in [-0.39, 0.29) is 11.3 Å². The van der Waals surface area contributed by atoms with E-state index in [4.69, 9.17) is 0 Å². The van der Waals surface area contributed by atoms with Gasteiger partial charge in [0.2, 0.25) is 0 Å². The van der Waals surface area contributed by atoms with Gasteiger partial charge in [0.25, 0.3) is 5.91 Å². The fraction of sp³-hybridized carbons (Fsp3) is 0.400. The molecule has 0 aromatic carbocycles. The van der Waals surface area contributed by atoms with Gasteiger partial charge in [0, 0.05) is 44.5 Å². The van der Waals surface area contributed by atoms with E-state index in [2.05, 4.69) is 10.3 Å². The first-order valence-electron chi connectivity index (χ1n) is 4.96. The number of carbonyl (C=O) groups is 1. The molecule has 0 bridgehead atoms. The molecule has 0 atom stereocenters. The molecule has 0 saturated carbocycles. The largest absolute Gasteiger partial charge is 0.357 e. The average molecular weight is 207 g/mol. The number of nitrogens with one attached hydrogen (secondary N) is 2. The number of piperazine rings is 1. The molecule has 2 heterocycles. The molecule has 2 rings (SSSR count). The van der Waals surface area contributed by atoms with Gasteiger partial charge in [-0.05, 0) is 0 Å². The predicted molar refractivity (Wildman–Crippen MR) is 55.8 cm³/mol. The fourth-order valence-corrected chi connectivity index (χ4v) is 1.61. The molecule has 1 aromatic heterocycles. The Morgan fingerprint density at radius 2 is 2.07 bits per heavy atom. The SMILES string of the molecule is O=C(c1cc(=O)cc[nH]1)N1CCNCC1. The number of hydrogen-bond donors (Lipinski definition) is 2. The number of pyridine rings is 1. The van der Waals surface area contributed by atoms with Crippen molar-refractivity contribution in [1.29, 1.82) is 0 Å². The van der Waals surface area contributed by atoms with Crippen molar-refractivity contribution in [2.45, 2.75) is 0 Å². The zero-order chi connectivity index (χ0) is 10.7. The van der Waals surface area contributed by atoms with Gasteiger partial charge in [0.05, 0.1) is 0 Å². The summed E-state index contributed by atoms with van der Waals surface area (Å²) in [7, 11) is 0. The summed E-state index contributed by atoms with van der Waals surface area (Å²) < 4.78 is 0. The molecule has 1 saturated heterocycles. The first-order chi connectivity index (χ1) is 7.27. The summed E-state index contributed by atoms with van der Waals surface area (Å²) in [6, 6.07) is 2.74. The number of aromatic nitrogens is 1. The number of H-pyrrole nitrogens is 1. The molecule has 2 N–H and O–H groups in total. The van der Waals surface area contributed by atoms with E-state index in [1.54, 1.807) is 4.90 Å². The van der Waals surface area contributed by atoms with Crippen LogP contribution in [-0.4, -0.2) is 42.0 Å². The highest BCUT2D eigenvalue weighted by Crippen LogP contribution is 2.00. The highest BCUT2D eigenvalue weighted by Gasteiger charge is 2.18. The van der Waals surface area contributed by atoms with Crippen LogP contribution in [-0.2, 0) is 0 Å². The zero-order valence-corrected chi connectivity index (χ0v) is 8.32. The maximum absolute atomic E-state index is 11.9. The van der Waals surface area contributed by atoms with Crippen LogP contribution in [0.1, 0.15) is 10.5 Å². The Balaban J connectivity index is 2.16. The Bertz CT molecular complexity index is 407. The highest BCUT2D eigenvalue weighted by atomic mass is 16.2. The lowest BCUT2D eigenvalue weighted by Crippen LogP contribution is -2.46. The van der Waals surface area contributed by atoms with E-state index in [0.29, 0.717) is 18.8 Å². The molecule has 0 unspecified atom stereocenters. The summed E-state index contributed by atoms with van der Waals surface area (Å²) in [5.41, 5.74) is 0.219. The van der Waals surface area contributed by atoms with Crippen LogP contribution < -0.4 is 10.7 Å². The molecular weight excluding hydrogens is 194 g/mol. The molecule has 1 fully saturated rings. The Kier molecular flexibility index (Phi) is 2.82. The smallest absolute Gasteiger partial charge is 0.270 e. The molecule has 0 radical (unpaired) electrons. The predicted octanol–water partition coefficient (Wildman–Crippen LogP) is -0.580. The summed E-state index contributed by atoms with van der Waals surface area (Å²) in [6.07, 6.45) is 1.50. The van der Waals surface area contributed by atoms with E-state index in [1.807, 2.05) is 0 Å². The van der Waals surface area contributed by atoms with E-state index in [1.165, 1.54) is 18.3 Å². The van der Waals surface area contributed by atoms with E-state index in [9.17, 15) is 9.59 Å². The van der Waals surface area contributed by atoms with Gasteiger partial charge in [-0.1, -0.05) is 0 Å². The van der Waals surface area contributed by atoms with Gasteiger partial charge >= 0.3 is 0 Å². The second-order valence-electron chi connectivity index (χ2n) is 3.48. The third-order valence-electron chi connectivity index (χ3n) is 2.41. The zero-order valence-electron chi connectivity index (χ0n) is 8.32. The maximum atomic E-state index is 11.9. The standard InChI is InChI=1S/C10H13N3O2/c14-8-1-2-12-9(7-8)10(15)13-5-3-11-4-6-13/h1-2,7,11H,3-6H2,(H,12,14). The minimum absolute atomic E-state index is 0.103. The van der Waals surface area contributed by atoms with Crippen LogP contribution in [0.25, 0.3) is 0 Å². The van der Waals surface area contributed by atoms with Crippen LogP contribution in [0, 0.1) is 0 Å². The summed E-state index contributed by atoms with van der Waals surface area (Å²) >= 11 is 0. The molecule has 0 aliphatic carbocycles. The van der Waals surface area contributed by atoms with Gasteiger partial charge in [-0.25, -0.2) is 0 Å². The molecule has 5 nitrogen and oxygen atoms in total. The average Bonchev–Trinajstić information content (AvgIpc) is 2.29. The second kappa shape index (κ2) is 4.27. The fourth-order valence-electron chi connectivity index (χ4n) is 1.61.